The Morgan fingerprint density at radius 3 is 2.64 bits per heavy atom. The molecule has 0 spiro atoms. The number of carboxylic acid groups (broad SMARTS) is 1. The summed E-state index contributed by atoms with van der Waals surface area (Å²) in [5.41, 5.74) is 0.425. The van der Waals surface area contributed by atoms with Gasteiger partial charge < -0.3 is 10.4 Å². The molecule has 0 atom stereocenters. The van der Waals surface area contributed by atoms with Gasteiger partial charge in [-0.15, -0.1) is 0 Å². The highest BCUT2D eigenvalue weighted by molar-refractivity contribution is 7.17. The van der Waals surface area contributed by atoms with E-state index < -0.39 is 5.97 Å². The average molecular weight is 214 g/mol. The number of carbonyl (C=O) groups excluding carboxylic acids is 1. The molecule has 76 valence electrons. The van der Waals surface area contributed by atoms with Gasteiger partial charge in [0.2, 0.25) is 5.91 Å². The van der Waals surface area contributed by atoms with Crippen molar-refractivity contribution < 1.29 is 14.7 Å². The lowest BCUT2D eigenvalue weighted by Crippen LogP contribution is -2.08. The van der Waals surface area contributed by atoms with Gasteiger partial charge in [0.15, 0.2) is 5.13 Å². The summed E-state index contributed by atoms with van der Waals surface area (Å²) < 4.78 is 0. The molecule has 1 aromatic heterocycles. The molecule has 0 aromatic carbocycles. The molecule has 0 aliphatic heterocycles. The number of nitrogens with zero attached hydrogens (tertiary/aromatic N) is 1. The lowest BCUT2D eigenvalue weighted by atomic mass is 10.4. The first kappa shape index (κ1) is 10.6. The van der Waals surface area contributed by atoms with Crippen LogP contribution in [0.1, 0.15) is 28.7 Å². The SMILES string of the molecule is CCC(=O)Nc1nc(C)c(C(=O)O)s1. The number of aromatic carboxylic acids is 1. The zero-order chi connectivity index (χ0) is 10.7. The van der Waals surface area contributed by atoms with E-state index in [9.17, 15) is 9.59 Å². The van der Waals surface area contributed by atoms with Crippen molar-refractivity contribution in [3.05, 3.63) is 10.6 Å². The molecule has 2 N–H and O–H groups in total. The number of rotatable bonds is 3. The number of carboxylic acids is 1. The van der Waals surface area contributed by atoms with Crippen LogP contribution < -0.4 is 5.32 Å². The number of nitrogens with one attached hydrogen (secondary N) is 1. The molecule has 0 fully saturated rings. The Labute approximate surface area is 84.8 Å². The summed E-state index contributed by atoms with van der Waals surface area (Å²) in [4.78, 5) is 25.7. The maximum absolute atomic E-state index is 11.0. The third-order valence-electron chi connectivity index (χ3n) is 1.56. The Bertz CT molecular complexity index is 373. The van der Waals surface area contributed by atoms with Crippen molar-refractivity contribution in [2.75, 3.05) is 5.32 Å². The van der Waals surface area contributed by atoms with Gasteiger partial charge in [-0.1, -0.05) is 18.3 Å². The topological polar surface area (TPSA) is 79.3 Å². The number of amides is 1. The first-order valence-electron chi connectivity index (χ1n) is 4.05. The summed E-state index contributed by atoms with van der Waals surface area (Å²) in [5, 5.41) is 11.6. The molecule has 0 aliphatic carbocycles. The van der Waals surface area contributed by atoms with Gasteiger partial charge in [0.25, 0.3) is 0 Å². The second-order valence-corrected chi connectivity index (χ2v) is 3.64. The van der Waals surface area contributed by atoms with Crippen LogP contribution in [0.3, 0.4) is 0 Å². The Balaban J connectivity index is 2.86. The van der Waals surface area contributed by atoms with Gasteiger partial charge in [-0.05, 0) is 6.92 Å². The van der Waals surface area contributed by atoms with Crippen LogP contribution in [0.5, 0.6) is 0 Å². The van der Waals surface area contributed by atoms with Crippen LogP contribution in [0, 0.1) is 6.92 Å². The molecule has 6 heteroatoms. The van der Waals surface area contributed by atoms with Gasteiger partial charge >= 0.3 is 5.97 Å². The van der Waals surface area contributed by atoms with Crippen molar-refractivity contribution in [3.63, 3.8) is 0 Å². The zero-order valence-corrected chi connectivity index (χ0v) is 8.64. The van der Waals surface area contributed by atoms with Gasteiger partial charge in [0.1, 0.15) is 4.88 Å². The van der Waals surface area contributed by atoms with E-state index in [1.165, 1.54) is 0 Å². The van der Waals surface area contributed by atoms with E-state index in [2.05, 4.69) is 10.3 Å². The maximum atomic E-state index is 11.0. The van der Waals surface area contributed by atoms with Crippen molar-refractivity contribution in [1.82, 2.24) is 4.98 Å². The zero-order valence-electron chi connectivity index (χ0n) is 7.83. The molecule has 1 rings (SSSR count). The fraction of sp³-hybridized carbons (Fsp3) is 0.375. The van der Waals surface area contributed by atoms with E-state index >= 15 is 0 Å². The molecule has 1 amide bonds. The maximum Gasteiger partial charge on any atom is 0.347 e. The molecule has 0 saturated heterocycles. The van der Waals surface area contributed by atoms with Crippen LogP contribution in [0.2, 0.25) is 0 Å². The summed E-state index contributed by atoms with van der Waals surface area (Å²) >= 11 is 0.969. The highest BCUT2D eigenvalue weighted by Gasteiger charge is 2.14. The third kappa shape index (κ3) is 2.29. The standard InChI is InChI=1S/C8H10N2O3S/c1-3-5(11)10-8-9-4(2)6(14-8)7(12)13/h3H2,1-2H3,(H,12,13)(H,9,10,11). The molecule has 1 aromatic rings. The normalized spacial score (nSPS) is 9.86. The number of aryl methyl sites for hydroxylation is 1. The Morgan fingerprint density at radius 2 is 2.21 bits per heavy atom. The van der Waals surface area contributed by atoms with Crippen LogP contribution in [-0.4, -0.2) is 22.0 Å². The van der Waals surface area contributed by atoms with Gasteiger partial charge in [0.05, 0.1) is 5.69 Å². The first-order chi connectivity index (χ1) is 6.54. The number of carbonyl (C=O) groups is 2. The second-order valence-electron chi connectivity index (χ2n) is 2.64. The van der Waals surface area contributed by atoms with E-state index in [-0.39, 0.29) is 10.8 Å². The van der Waals surface area contributed by atoms with Gasteiger partial charge in [-0.2, -0.15) is 0 Å². The quantitative estimate of drug-likeness (QED) is 0.799. The number of hydrogen-bond acceptors (Lipinski definition) is 4. The smallest absolute Gasteiger partial charge is 0.347 e. The minimum atomic E-state index is -1.02. The third-order valence-corrected chi connectivity index (χ3v) is 2.62. The Hall–Kier alpha value is -1.43. The van der Waals surface area contributed by atoms with Gasteiger partial charge in [0, 0.05) is 6.42 Å². The molecule has 0 unspecified atom stereocenters. The van der Waals surface area contributed by atoms with Crippen molar-refractivity contribution >= 4 is 28.3 Å². The summed E-state index contributed by atoms with van der Waals surface area (Å²) in [6, 6.07) is 0. The van der Waals surface area contributed by atoms with Gasteiger partial charge in [-0.25, -0.2) is 9.78 Å². The number of anilines is 1. The largest absolute Gasteiger partial charge is 0.477 e. The Kier molecular flexibility index (Phi) is 3.19. The predicted molar refractivity (Wildman–Crippen MR) is 52.7 cm³/mol. The molecule has 0 bridgehead atoms. The van der Waals surface area contributed by atoms with E-state index in [0.717, 1.165) is 11.3 Å². The monoisotopic (exact) mass is 214 g/mol. The molecular formula is C8H10N2O3S. The first-order valence-corrected chi connectivity index (χ1v) is 4.86. The predicted octanol–water partition coefficient (Wildman–Crippen LogP) is 1.50. The number of thiazole rings is 1. The van der Waals surface area contributed by atoms with Crippen molar-refractivity contribution in [3.8, 4) is 0 Å². The molecule has 0 aliphatic rings. The van der Waals surface area contributed by atoms with E-state index in [1.807, 2.05) is 0 Å². The number of hydrogen-bond donors (Lipinski definition) is 2. The molecule has 0 saturated carbocycles. The molecule has 1 heterocycles. The van der Waals surface area contributed by atoms with Crippen LogP contribution in [0.15, 0.2) is 0 Å². The van der Waals surface area contributed by atoms with Gasteiger partial charge in [-0.3, -0.25) is 4.79 Å². The minimum Gasteiger partial charge on any atom is -0.477 e. The summed E-state index contributed by atoms with van der Waals surface area (Å²) in [7, 11) is 0. The van der Waals surface area contributed by atoms with Crippen molar-refractivity contribution in [2.45, 2.75) is 20.3 Å². The van der Waals surface area contributed by atoms with Crippen LogP contribution in [0.25, 0.3) is 0 Å². The summed E-state index contributed by atoms with van der Waals surface area (Å²) in [5.74, 6) is -1.19. The number of aromatic nitrogens is 1. The Morgan fingerprint density at radius 1 is 1.57 bits per heavy atom. The minimum absolute atomic E-state index is 0.163. The molecular weight excluding hydrogens is 204 g/mol. The fourth-order valence-electron chi connectivity index (χ4n) is 0.856. The molecule has 5 nitrogen and oxygen atoms in total. The van der Waals surface area contributed by atoms with Crippen LogP contribution >= 0.6 is 11.3 Å². The fourth-order valence-corrected chi connectivity index (χ4v) is 1.68. The van der Waals surface area contributed by atoms with Crippen LogP contribution in [0.4, 0.5) is 5.13 Å². The van der Waals surface area contributed by atoms with E-state index in [4.69, 9.17) is 5.11 Å². The lowest BCUT2D eigenvalue weighted by Gasteiger charge is -1.95. The molecule has 0 radical (unpaired) electrons. The summed E-state index contributed by atoms with van der Waals surface area (Å²) in [6.45, 7) is 3.31. The highest BCUT2D eigenvalue weighted by atomic mass is 32.1. The van der Waals surface area contributed by atoms with E-state index in [0.29, 0.717) is 17.2 Å². The van der Waals surface area contributed by atoms with Crippen LogP contribution in [-0.2, 0) is 4.79 Å². The second kappa shape index (κ2) is 4.19. The lowest BCUT2D eigenvalue weighted by molar-refractivity contribution is -0.115. The molecule has 14 heavy (non-hydrogen) atoms. The summed E-state index contributed by atoms with van der Waals surface area (Å²) in [6.07, 6.45) is 0.348. The highest BCUT2D eigenvalue weighted by Crippen LogP contribution is 2.22. The van der Waals surface area contributed by atoms with E-state index in [1.54, 1.807) is 13.8 Å². The van der Waals surface area contributed by atoms with Crippen molar-refractivity contribution in [1.29, 1.82) is 0 Å². The average Bonchev–Trinajstić information content (AvgIpc) is 2.46. The van der Waals surface area contributed by atoms with Crippen molar-refractivity contribution in [2.24, 2.45) is 0 Å².